The van der Waals surface area contributed by atoms with E-state index in [4.69, 9.17) is 0 Å². The Bertz CT molecular complexity index is 949. The molecule has 1 aliphatic heterocycles. The number of nitrogens with one attached hydrogen (secondary N) is 3. The van der Waals surface area contributed by atoms with Gasteiger partial charge in [-0.25, -0.2) is 4.79 Å². The van der Waals surface area contributed by atoms with Crippen molar-refractivity contribution in [2.45, 2.75) is 19.4 Å². The first kappa shape index (κ1) is 15.7. The highest BCUT2D eigenvalue weighted by Gasteiger charge is 2.13. The van der Waals surface area contributed by atoms with Gasteiger partial charge in [0.25, 0.3) is 5.91 Å². The predicted octanol–water partition coefficient (Wildman–Crippen LogP) is 2.70. The van der Waals surface area contributed by atoms with Gasteiger partial charge in [-0.05, 0) is 55.8 Å². The first-order valence-electron chi connectivity index (χ1n) is 8.53. The summed E-state index contributed by atoms with van der Waals surface area (Å²) >= 11 is 0. The molecule has 0 unspecified atom stereocenters. The van der Waals surface area contributed by atoms with Crippen molar-refractivity contribution in [3.63, 3.8) is 0 Å². The van der Waals surface area contributed by atoms with Crippen molar-refractivity contribution in [2.24, 2.45) is 0 Å². The van der Waals surface area contributed by atoms with E-state index in [0.717, 1.165) is 19.6 Å². The average molecular weight is 336 g/mol. The van der Waals surface area contributed by atoms with Crippen molar-refractivity contribution < 1.29 is 4.79 Å². The topological polar surface area (TPSA) is 81.0 Å². The Hall–Kier alpha value is -2.86. The molecule has 1 aromatic heterocycles. The van der Waals surface area contributed by atoms with Gasteiger partial charge in [0.1, 0.15) is 0 Å². The molecular formula is C19H20N4O2. The Morgan fingerprint density at radius 3 is 2.56 bits per heavy atom. The highest BCUT2D eigenvalue weighted by Crippen LogP contribution is 2.20. The number of hydrogen-bond donors (Lipinski definition) is 3. The molecule has 2 heterocycles. The fraction of sp³-hybridized carbons (Fsp3) is 0.263. The summed E-state index contributed by atoms with van der Waals surface area (Å²) in [6, 6.07) is 13.1. The number of imidazole rings is 1. The van der Waals surface area contributed by atoms with Crippen molar-refractivity contribution in [1.29, 1.82) is 0 Å². The molecule has 6 nitrogen and oxygen atoms in total. The molecule has 4 rings (SSSR count). The van der Waals surface area contributed by atoms with E-state index in [2.05, 4.69) is 20.2 Å². The van der Waals surface area contributed by atoms with Gasteiger partial charge in [0.05, 0.1) is 16.7 Å². The summed E-state index contributed by atoms with van der Waals surface area (Å²) in [4.78, 5) is 31.8. The number of hydrogen-bond acceptors (Lipinski definition) is 3. The highest BCUT2D eigenvalue weighted by atomic mass is 16.2. The SMILES string of the molecule is O=C(Nc1cccc2[nH]c(=O)[nH]c12)c1ccc(CN2CCCC2)cc1. The number of anilines is 1. The molecule has 0 spiro atoms. The second-order valence-corrected chi connectivity index (χ2v) is 6.44. The zero-order chi connectivity index (χ0) is 17.2. The fourth-order valence-corrected chi connectivity index (χ4v) is 3.32. The van der Waals surface area contributed by atoms with E-state index in [-0.39, 0.29) is 11.6 Å². The molecule has 0 atom stereocenters. The number of aromatic amines is 2. The van der Waals surface area contributed by atoms with E-state index in [0.29, 0.717) is 22.3 Å². The van der Waals surface area contributed by atoms with Gasteiger partial charge in [-0.3, -0.25) is 9.69 Å². The van der Waals surface area contributed by atoms with E-state index in [9.17, 15) is 9.59 Å². The fourth-order valence-electron chi connectivity index (χ4n) is 3.32. The van der Waals surface area contributed by atoms with E-state index >= 15 is 0 Å². The monoisotopic (exact) mass is 336 g/mol. The maximum atomic E-state index is 12.5. The molecule has 1 aliphatic rings. The third-order valence-electron chi connectivity index (χ3n) is 4.62. The second-order valence-electron chi connectivity index (χ2n) is 6.44. The lowest BCUT2D eigenvalue weighted by Gasteiger charge is -2.14. The molecule has 0 aliphatic carbocycles. The quantitative estimate of drug-likeness (QED) is 0.685. The van der Waals surface area contributed by atoms with Crippen molar-refractivity contribution in [2.75, 3.05) is 18.4 Å². The Labute approximate surface area is 144 Å². The van der Waals surface area contributed by atoms with E-state index in [1.165, 1.54) is 18.4 Å². The largest absolute Gasteiger partial charge is 0.323 e. The van der Waals surface area contributed by atoms with Crippen LogP contribution >= 0.6 is 0 Å². The van der Waals surface area contributed by atoms with Gasteiger partial charge >= 0.3 is 5.69 Å². The summed E-state index contributed by atoms with van der Waals surface area (Å²) in [7, 11) is 0. The maximum absolute atomic E-state index is 12.5. The van der Waals surface area contributed by atoms with E-state index < -0.39 is 0 Å². The van der Waals surface area contributed by atoms with Crippen molar-refractivity contribution in [3.05, 3.63) is 64.1 Å². The number of nitrogens with zero attached hydrogens (tertiary/aromatic N) is 1. The first-order chi connectivity index (χ1) is 12.2. The molecule has 1 amide bonds. The summed E-state index contributed by atoms with van der Waals surface area (Å²) in [6.07, 6.45) is 2.54. The standard InChI is InChI=1S/C19H20N4O2/c24-18(20-15-4-3-5-16-17(15)22-19(25)21-16)14-8-6-13(7-9-14)12-23-10-1-2-11-23/h3-9H,1-2,10-12H2,(H,20,24)(H2,21,22,25). The number of benzene rings is 2. The van der Waals surface area contributed by atoms with Crippen molar-refractivity contribution in [3.8, 4) is 0 Å². The Morgan fingerprint density at radius 1 is 1.04 bits per heavy atom. The van der Waals surface area contributed by atoms with Crippen molar-refractivity contribution in [1.82, 2.24) is 14.9 Å². The third kappa shape index (κ3) is 3.34. The minimum Gasteiger partial charge on any atom is -0.320 e. The maximum Gasteiger partial charge on any atom is 0.323 e. The van der Waals surface area contributed by atoms with Gasteiger partial charge in [0.15, 0.2) is 0 Å². The molecule has 6 heteroatoms. The number of carbonyl (C=O) groups excluding carboxylic acids is 1. The smallest absolute Gasteiger partial charge is 0.320 e. The lowest BCUT2D eigenvalue weighted by atomic mass is 10.1. The zero-order valence-electron chi connectivity index (χ0n) is 13.8. The summed E-state index contributed by atoms with van der Waals surface area (Å²) < 4.78 is 0. The molecule has 3 aromatic rings. The number of amides is 1. The second kappa shape index (κ2) is 6.57. The van der Waals surface area contributed by atoms with Crippen molar-refractivity contribution >= 4 is 22.6 Å². The number of para-hydroxylation sites is 1. The van der Waals surface area contributed by atoms with Crippen LogP contribution in [0.3, 0.4) is 0 Å². The summed E-state index contributed by atoms with van der Waals surface area (Å²) in [5, 5.41) is 2.87. The van der Waals surface area contributed by atoms with Crippen LogP contribution in [0.25, 0.3) is 11.0 Å². The van der Waals surface area contributed by atoms with Gasteiger partial charge < -0.3 is 15.3 Å². The van der Waals surface area contributed by atoms with Gasteiger partial charge in [0, 0.05) is 12.1 Å². The molecule has 3 N–H and O–H groups in total. The molecule has 0 saturated carbocycles. The molecule has 1 saturated heterocycles. The van der Waals surface area contributed by atoms with Crippen LogP contribution in [0.1, 0.15) is 28.8 Å². The number of likely N-dealkylation sites (tertiary alicyclic amines) is 1. The predicted molar refractivity (Wildman–Crippen MR) is 97.8 cm³/mol. The molecule has 1 fully saturated rings. The number of fused-ring (bicyclic) bond motifs is 1. The third-order valence-corrected chi connectivity index (χ3v) is 4.62. The number of rotatable bonds is 4. The minimum atomic E-state index is -0.289. The number of carbonyl (C=O) groups is 1. The van der Waals surface area contributed by atoms with Crippen LogP contribution < -0.4 is 11.0 Å². The molecule has 128 valence electrons. The highest BCUT2D eigenvalue weighted by molar-refractivity contribution is 6.07. The Morgan fingerprint density at radius 2 is 1.80 bits per heavy atom. The van der Waals surface area contributed by atoms with Crippen LogP contribution in [0.15, 0.2) is 47.3 Å². The van der Waals surface area contributed by atoms with Crippen LogP contribution in [0.2, 0.25) is 0 Å². The normalized spacial score (nSPS) is 14.9. The molecule has 0 bridgehead atoms. The van der Waals surface area contributed by atoms with Crippen LogP contribution in [0.4, 0.5) is 5.69 Å². The van der Waals surface area contributed by atoms with E-state index in [1.807, 2.05) is 24.3 Å². The first-order valence-corrected chi connectivity index (χ1v) is 8.53. The minimum absolute atomic E-state index is 0.192. The van der Waals surface area contributed by atoms with Crippen LogP contribution in [-0.4, -0.2) is 33.9 Å². The van der Waals surface area contributed by atoms with E-state index in [1.54, 1.807) is 18.2 Å². The Kier molecular flexibility index (Phi) is 4.11. The van der Waals surface area contributed by atoms with Crippen LogP contribution in [-0.2, 0) is 6.54 Å². The van der Waals surface area contributed by atoms with Crippen LogP contribution in [0, 0.1) is 0 Å². The zero-order valence-corrected chi connectivity index (χ0v) is 13.8. The molecule has 2 aromatic carbocycles. The lowest BCUT2D eigenvalue weighted by molar-refractivity contribution is 0.102. The van der Waals surface area contributed by atoms with Gasteiger partial charge in [0.2, 0.25) is 0 Å². The average Bonchev–Trinajstić information content (AvgIpc) is 3.24. The van der Waals surface area contributed by atoms with Gasteiger partial charge in [-0.2, -0.15) is 0 Å². The summed E-state index contributed by atoms with van der Waals surface area (Å²) in [6.45, 7) is 3.24. The van der Waals surface area contributed by atoms with Crippen LogP contribution in [0.5, 0.6) is 0 Å². The summed E-state index contributed by atoms with van der Waals surface area (Å²) in [5.74, 6) is -0.192. The molecule has 0 radical (unpaired) electrons. The lowest BCUT2D eigenvalue weighted by Crippen LogP contribution is -2.18. The molecular weight excluding hydrogens is 316 g/mol. The molecule has 25 heavy (non-hydrogen) atoms. The van der Waals surface area contributed by atoms with Gasteiger partial charge in [-0.15, -0.1) is 0 Å². The summed E-state index contributed by atoms with van der Waals surface area (Å²) in [5.41, 5.74) is 3.38. The van der Waals surface area contributed by atoms with Gasteiger partial charge in [-0.1, -0.05) is 18.2 Å². The number of H-pyrrole nitrogens is 2. The number of aromatic nitrogens is 2. The Balaban J connectivity index is 1.49.